The predicted molar refractivity (Wildman–Crippen MR) is 71.0 cm³/mol. The second kappa shape index (κ2) is 5.91. The summed E-state index contributed by atoms with van der Waals surface area (Å²) in [6.07, 6.45) is 2.33. The van der Waals surface area contributed by atoms with E-state index in [9.17, 15) is 9.59 Å². The number of ether oxygens (including phenoxy) is 1. The smallest absolute Gasteiger partial charge is 0.338 e. The monoisotopic (exact) mass is 255 g/mol. The van der Waals surface area contributed by atoms with Crippen molar-refractivity contribution in [3.05, 3.63) is 53.7 Å². The van der Waals surface area contributed by atoms with Gasteiger partial charge in [-0.25, -0.2) is 4.79 Å². The third-order valence-corrected chi connectivity index (χ3v) is 2.59. The molecule has 0 fully saturated rings. The van der Waals surface area contributed by atoms with Crippen molar-refractivity contribution in [3.63, 3.8) is 0 Å². The van der Waals surface area contributed by atoms with Crippen molar-refractivity contribution in [2.45, 2.75) is 6.92 Å². The van der Waals surface area contributed by atoms with Gasteiger partial charge in [0.15, 0.2) is 0 Å². The van der Waals surface area contributed by atoms with E-state index < -0.39 is 0 Å². The van der Waals surface area contributed by atoms with Crippen LogP contribution in [0.3, 0.4) is 0 Å². The molecule has 1 aromatic heterocycles. The summed E-state index contributed by atoms with van der Waals surface area (Å²) in [5, 5.41) is 0. The highest BCUT2D eigenvalue weighted by Crippen LogP contribution is 2.19. The minimum absolute atomic E-state index is 0.330. The minimum atomic E-state index is -0.377. The Labute approximate surface area is 111 Å². The van der Waals surface area contributed by atoms with Gasteiger partial charge in [-0.05, 0) is 25.1 Å². The lowest BCUT2D eigenvalue weighted by Crippen LogP contribution is -2.05. The van der Waals surface area contributed by atoms with Gasteiger partial charge in [0.05, 0.1) is 17.9 Å². The van der Waals surface area contributed by atoms with Crippen molar-refractivity contribution in [2.24, 2.45) is 0 Å². The fourth-order valence-electron chi connectivity index (χ4n) is 1.70. The molecule has 0 radical (unpaired) electrons. The highest BCUT2D eigenvalue weighted by Gasteiger charge is 2.08. The van der Waals surface area contributed by atoms with Gasteiger partial charge in [-0.1, -0.05) is 18.2 Å². The second-order valence-electron chi connectivity index (χ2n) is 3.89. The van der Waals surface area contributed by atoms with Crippen LogP contribution in [0.2, 0.25) is 0 Å². The van der Waals surface area contributed by atoms with Crippen molar-refractivity contribution in [2.75, 3.05) is 6.61 Å². The van der Waals surface area contributed by atoms with Crippen LogP contribution in [0.15, 0.2) is 42.6 Å². The molecule has 19 heavy (non-hydrogen) atoms. The zero-order valence-corrected chi connectivity index (χ0v) is 10.5. The summed E-state index contributed by atoms with van der Waals surface area (Å²) >= 11 is 0. The number of aromatic nitrogens is 1. The first-order chi connectivity index (χ1) is 9.24. The van der Waals surface area contributed by atoms with E-state index in [0.717, 1.165) is 11.8 Å². The topological polar surface area (TPSA) is 56.3 Å². The van der Waals surface area contributed by atoms with E-state index in [2.05, 4.69) is 4.98 Å². The first-order valence-corrected chi connectivity index (χ1v) is 5.93. The number of hydrogen-bond donors (Lipinski definition) is 0. The van der Waals surface area contributed by atoms with E-state index in [0.29, 0.717) is 23.4 Å². The van der Waals surface area contributed by atoms with Crippen LogP contribution in [0, 0.1) is 0 Å². The van der Waals surface area contributed by atoms with Crippen molar-refractivity contribution in [1.29, 1.82) is 0 Å². The number of pyridine rings is 1. The van der Waals surface area contributed by atoms with Gasteiger partial charge in [0.1, 0.15) is 6.29 Å². The molecule has 4 nitrogen and oxygen atoms in total. The molecular formula is C15H13NO3. The molecule has 0 saturated carbocycles. The fraction of sp³-hybridized carbons (Fsp3) is 0.133. The molecule has 0 N–H and O–H groups in total. The lowest BCUT2D eigenvalue weighted by Gasteiger charge is -2.05. The molecule has 4 heteroatoms. The number of carbonyl (C=O) groups excluding carboxylic acids is 2. The van der Waals surface area contributed by atoms with Crippen LogP contribution in [-0.2, 0) is 4.74 Å². The zero-order chi connectivity index (χ0) is 13.7. The Balaban J connectivity index is 2.37. The SMILES string of the molecule is CCOC(=O)c1ccnc(-c2cccc(C=O)c2)c1. The maximum Gasteiger partial charge on any atom is 0.338 e. The Morgan fingerprint density at radius 3 is 2.89 bits per heavy atom. The van der Waals surface area contributed by atoms with E-state index in [1.807, 2.05) is 6.07 Å². The Morgan fingerprint density at radius 2 is 2.16 bits per heavy atom. The van der Waals surface area contributed by atoms with Crippen LogP contribution in [0.5, 0.6) is 0 Å². The largest absolute Gasteiger partial charge is 0.462 e. The molecule has 0 aliphatic carbocycles. The second-order valence-corrected chi connectivity index (χ2v) is 3.89. The van der Waals surface area contributed by atoms with Crippen molar-refractivity contribution in [3.8, 4) is 11.3 Å². The van der Waals surface area contributed by atoms with Gasteiger partial charge in [-0.3, -0.25) is 9.78 Å². The van der Waals surface area contributed by atoms with Crippen LogP contribution >= 0.6 is 0 Å². The lowest BCUT2D eigenvalue weighted by molar-refractivity contribution is 0.0526. The Kier molecular flexibility index (Phi) is 4.03. The standard InChI is InChI=1S/C15H13NO3/c1-2-19-15(18)13-6-7-16-14(9-13)12-5-3-4-11(8-12)10-17/h3-10H,2H2,1H3. The van der Waals surface area contributed by atoms with Gasteiger partial charge in [0, 0.05) is 17.3 Å². The number of aldehydes is 1. The lowest BCUT2D eigenvalue weighted by atomic mass is 10.1. The predicted octanol–water partition coefficient (Wildman–Crippen LogP) is 2.74. The number of benzene rings is 1. The number of carbonyl (C=O) groups is 2. The van der Waals surface area contributed by atoms with Crippen LogP contribution in [0.4, 0.5) is 0 Å². The molecule has 0 bridgehead atoms. The average Bonchev–Trinajstić information content (AvgIpc) is 2.48. The number of esters is 1. The number of rotatable bonds is 4. The van der Waals surface area contributed by atoms with Crippen LogP contribution in [0.1, 0.15) is 27.6 Å². The van der Waals surface area contributed by atoms with Crippen molar-refractivity contribution < 1.29 is 14.3 Å². The minimum Gasteiger partial charge on any atom is -0.462 e. The highest BCUT2D eigenvalue weighted by molar-refractivity contribution is 5.90. The summed E-state index contributed by atoms with van der Waals surface area (Å²) in [5.41, 5.74) is 2.44. The van der Waals surface area contributed by atoms with E-state index in [-0.39, 0.29) is 5.97 Å². The third kappa shape index (κ3) is 3.04. The molecule has 1 heterocycles. The summed E-state index contributed by atoms with van der Waals surface area (Å²) < 4.78 is 4.94. The van der Waals surface area contributed by atoms with Crippen LogP contribution in [0.25, 0.3) is 11.3 Å². The molecule has 0 aliphatic rings. The summed E-state index contributed by atoms with van der Waals surface area (Å²) in [6.45, 7) is 2.09. The molecule has 0 atom stereocenters. The number of hydrogen-bond acceptors (Lipinski definition) is 4. The Bertz CT molecular complexity index is 608. The van der Waals surface area contributed by atoms with Gasteiger partial charge in [0.2, 0.25) is 0 Å². The maximum atomic E-state index is 11.6. The van der Waals surface area contributed by atoms with Crippen molar-refractivity contribution in [1.82, 2.24) is 4.98 Å². The van der Waals surface area contributed by atoms with Gasteiger partial charge in [-0.15, -0.1) is 0 Å². The maximum absolute atomic E-state index is 11.6. The molecule has 1 aromatic carbocycles. The summed E-state index contributed by atoms with van der Waals surface area (Å²) in [6, 6.07) is 10.3. The summed E-state index contributed by atoms with van der Waals surface area (Å²) in [5.74, 6) is -0.377. The molecule has 96 valence electrons. The molecule has 0 saturated heterocycles. The summed E-state index contributed by atoms with van der Waals surface area (Å²) in [4.78, 5) is 26.6. The third-order valence-electron chi connectivity index (χ3n) is 2.59. The van der Waals surface area contributed by atoms with E-state index in [4.69, 9.17) is 4.74 Å². The van der Waals surface area contributed by atoms with Gasteiger partial charge < -0.3 is 4.74 Å². The average molecular weight is 255 g/mol. The molecule has 2 rings (SSSR count). The molecule has 0 aliphatic heterocycles. The first kappa shape index (κ1) is 13.0. The molecule has 0 amide bonds. The van der Waals surface area contributed by atoms with Gasteiger partial charge in [-0.2, -0.15) is 0 Å². The van der Waals surface area contributed by atoms with E-state index >= 15 is 0 Å². The van der Waals surface area contributed by atoms with Crippen LogP contribution < -0.4 is 0 Å². The zero-order valence-electron chi connectivity index (χ0n) is 10.5. The van der Waals surface area contributed by atoms with Gasteiger partial charge >= 0.3 is 5.97 Å². The molecule has 0 unspecified atom stereocenters. The van der Waals surface area contributed by atoms with Crippen LogP contribution in [-0.4, -0.2) is 23.8 Å². The molecule has 0 spiro atoms. The van der Waals surface area contributed by atoms with E-state index in [1.165, 1.54) is 0 Å². The fourth-order valence-corrected chi connectivity index (χ4v) is 1.70. The van der Waals surface area contributed by atoms with Gasteiger partial charge in [0.25, 0.3) is 0 Å². The Morgan fingerprint density at radius 1 is 1.32 bits per heavy atom. The normalized spacial score (nSPS) is 9.95. The quantitative estimate of drug-likeness (QED) is 0.622. The van der Waals surface area contributed by atoms with E-state index in [1.54, 1.807) is 43.5 Å². The summed E-state index contributed by atoms with van der Waals surface area (Å²) in [7, 11) is 0. The molecule has 2 aromatic rings. The molecular weight excluding hydrogens is 242 g/mol. The van der Waals surface area contributed by atoms with Crippen molar-refractivity contribution >= 4 is 12.3 Å². The first-order valence-electron chi connectivity index (χ1n) is 5.93. The Hall–Kier alpha value is -2.49. The highest BCUT2D eigenvalue weighted by atomic mass is 16.5. The number of nitrogens with zero attached hydrogens (tertiary/aromatic N) is 1.